The van der Waals surface area contributed by atoms with Gasteiger partial charge in [-0.1, -0.05) is 12.1 Å². The molecule has 0 spiro atoms. The molecule has 1 fully saturated rings. The number of rotatable bonds is 5. The van der Waals surface area contributed by atoms with Crippen molar-refractivity contribution in [3.63, 3.8) is 0 Å². The maximum absolute atomic E-state index is 11.8. The molecule has 0 saturated heterocycles. The number of methoxy groups -OCH3 is 1. The fraction of sp³-hybridized carbons (Fsp3) is 0.562. The predicted octanol–water partition coefficient (Wildman–Crippen LogP) is 1.84. The van der Waals surface area contributed by atoms with Gasteiger partial charge in [-0.2, -0.15) is 0 Å². The van der Waals surface area contributed by atoms with E-state index in [9.17, 15) is 9.90 Å². The first-order valence-corrected chi connectivity index (χ1v) is 7.52. The van der Waals surface area contributed by atoms with E-state index in [1.807, 2.05) is 24.3 Å². The Morgan fingerprint density at radius 3 is 2.81 bits per heavy atom. The molecule has 0 bridgehead atoms. The molecule has 0 aromatic heterocycles. The zero-order valence-corrected chi connectivity index (χ0v) is 12.5. The second kappa shape index (κ2) is 7.88. The van der Waals surface area contributed by atoms with Gasteiger partial charge < -0.3 is 20.5 Å². The number of aliphatic hydroxyl groups is 1. The highest BCUT2D eigenvalue weighted by Gasteiger charge is 2.20. The summed E-state index contributed by atoms with van der Waals surface area (Å²) in [6.07, 6.45) is 3.83. The van der Waals surface area contributed by atoms with Gasteiger partial charge in [0.05, 0.1) is 13.2 Å². The summed E-state index contributed by atoms with van der Waals surface area (Å²) in [6.45, 7) is 0.592. The average molecular weight is 292 g/mol. The highest BCUT2D eigenvalue weighted by molar-refractivity contribution is 5.74. The monoisotopic (exact) mass is 292 g/mol. The van der Waals surface area contributed by atoms with Crippen molar-refractivity contribution in [1.82, 2.24) is 10.6 Å². The molecule has 1 aromatic carbocycles. The van der Waals surface area contributed by atoms with E-state index in [-0.39, 0.29) is 18.2 Å². The summed E-state index contributed by atoms with van der Waals surface area (Å²) in [5.41, 5.74) is 1.13. The van der Waals surface area contributed by atoms with Crippen molar-refractivity contribution in [3.8, 4) is 5.75 Å². The molecule has 1 aliphatic carbocycles. The number of ether oxygens (including phenoxy) is 1. The van der Waals surface area contributed by atoms with Gasteiger partial charge in [-0.25, -0.2) is 4.79 Å². The third-order valence-electron chi connectivity index (χ3n) is 3.87. The Morgan fingerprint density at radius 1 is 1.33 bits per heavy atom. The molecule has 0 heterocycles. The van der Waals surface area contributed by atoms with Gasteiger partial charge in [0.1, 0.15) is 5.75 Å². The van der Waals surface area contributed by atoms with Crippen LogP contribution in [0.2, 0.25) is 0 Å². The molecule has 2 amide bonds. The zero-order valence-electron chi connectivity index (χ0n) is 12.5. The Hall–Kier alpha value is -1.75. The van der Waals surface area contributed by atoms with Crippen LogP contribution >= 0.6 is 0 Å². The van der Waals surface area contributed by atoms with E-state index in [2.05, 4.69) is 10.6 Å². The average Bonchev–Trinajstić information content (AvgIpc) is 2.50. The lowest BCUT2D eigenvalue weighted by atomic mass is 9.93. The van der Waals surface area contributed by atoms with Gasteiger partial charge in [-0.05, 0) is 49.8 Å². The van der Waals surface area contributed by atoms with Crippen molar-refractivity contribution >= 4 is 6.03 Å². The summed E-state index contributed by atoms with van der Waals surface area (Å²) in [4.78, 5) is 11.8. The quantitative estimate of drug-likeness (QED) is 0.775. The van der Waals surface area contributed by atoms with Crippen LogP contribution in [0.3, 0.4) is 0 Å². The van der Waals surface area contributed by atoms with Crippen molar-refractivity contribution in [3.05, 3.63) is 29.8 Å². The fourth-order valence-corrected chi connectivity index (χ4v) is 2.60. The summed E-state index contributed by atoms with van der Waals surface area (Å²) in [5.74, 6) is 0.831. The second-order valence-electron chi connectivity index (χ2n) is 5.51. The summed E-state index contributed by atoms with van der Waals surface area (Å²) < 4.78 is 5.17. The smallest absolute Gasteiger partial charge is 0.315 e. The molecule has 2 rings (SSSR count). The maximum Gasteiger partial charge on any atom is 0.315 e. The number of aliphatic hydroxyl groups excluding tert-OH is 1. The number of nitrogens with one attached hydrogen (secondary N) is 2. The van der Waals surface area contributed by atoms with Gasteiger partial charge in [0.15, 0.2) is 0 Å². The minimum absolute atomic E-state index is 0.126. The van der Waals surface area contributed by atoms with Crippen molar-refractivity contribution in [2.75, 3.05) is 13.7 Å². The molecule has 0 atom stereocenters. The molecule has 0 radical (unpaired) electrons. The number of hydrogen-bond donors (Lipinski definition) is 3. The highest BCUT2D eigenvalue weighted by Crippen LogP contribution is 2.18. The van der Waals surface area contributed by atoms with Gasteiger partial charge >= 0.3 is 6.03 Å². The Morgan fingerprint density at radius 2 is 2.10 bits per heavy atom. The lowest BCUT2D eigenvalue weighted by molar-refractivity contribution is 0.117. The third-order valence-corrected chi connectivity index (χ3v) is 3.87. The molecule has 5 nitrogen and oxygen atoms in total. The number of carbonyl (C=O) groups is 1. The highest BCUT2D eigenvalue weighted by atomic mass is 16.5. The molecule has 5 heteroatoms. The van der Waals surface area contributed by atoms with Gasteiger partial charge in [0, 0.05) is 12.6 Å². The van der Waals surface area contributed by atoms with Crippen LogP contribution in [0.15, 0.2) is 24.3 Å². The van der Waals surface area contributed by atoms with E-state index in [1.165, 1.54) is 0 Å². The molecular weight excluding hydrogens is 268 g/mol. The van der Waals surface area contributed by atoms with E-state index >= 15 is 0 Å². The minimum Gasteiger partial charge on any atom is -0.497 e. The van der Waals surface area contributed by atoms with Crippen LogP contribution in [-0.4, -0.2) is 36.9 Å². The molecule has 21 heavy (non-hydrogen) atoms. The van der Waals surface area contributed by atoms with E-state index in [0.29, 0.717) is 6.54 Å². The Kier molecular flexibility index (Phi) is 5.87. The van der Waals surface area contributed by atoms with Crippen molar-refractivity contribution < 1.29 is 14.6 Å². The summed E-state index contributed by atoms with van der Waals surface area (Å²) in [7, 11) is 1.64. The van der Waals surface area contributed by atoms with Crippen LogP contribution in [0.5, 0.6) is 5.75 Å². The molecular formula is C16H24N2O3. The number of urea groups is 1. The maximum atomic E-state index is 11.8. The van der Waals surface area contributed by atoms with Crippen LogP contribution in [0.25, 0.3) is 0 Å². The van der Waals surface area contributed by atoms with Gasteiger partial charge in [0.2, 0.25) is 0 Å². The lowest BCUT2D eigenvalue weighted by Gasteiger charge is -2.26. The van der Waals surface area contributed by atoms with Crippen LogP contribution in [0, 0.1) is 0 Å². The van der Waals surface area contributed by atoms with Gasteiger partial charge in [0.25, 0.3) is 0 Å². The third kappa shape index (κ3) is 5.27. The van der Waals surface area contributed by atoms with Crippen molar-refractivity contribution in [2.24, 2.45) is 0 Å². The molecule has 1 aromatic rings. The largest absolute Gasteiger partial charge is 0.497 e. The van der Waals surface area contributed by atoms with Crippen LogP contribution in [0.1, 0.15) is 31.2 Å². The minimum atomic E-state index is -0.195. The Bertz CT molecular complexity index is 457. The molecule has 0 unspecified atom stereocenters. The van der Waals surface area contributed by atoms with Crippen LogP contribution in [0.4, 0.5) is 4.79 Å². The first kappa shape index (κ1) is 15.6. The number of benzene rings is 1. The second-order valence-corrected chi connectivity index (χ2v) is 5.51. The lowest BCUT2D eigenvalue weighted by Crippen LogP contribution is -2.44. The van der Waals surface area contributed by atoms with E-state index in [0.717, 1.165) is 43.4 Å². The molecule has 1 saturated carbocycles. The normalized spacial score (nSPS) is 21.6. The fourth-order valence-electron chi connectivity index (χ4n) is 2.60. The van der Waals surface area contributed by atoms with Gasteiger partial charge in [-0.3, -0.25) is 0 Å². The van der Waals surface area contributed by atoms with E-state index in [4.69, 9.17) is 4.74 Å². The molecule has 0 aliphatic heterocycles. The summed E-state index contributed by atoms with van der Waals surface area (Å²) >= 11 is 0. The van der Waals surface area contributed by atoms with Crippen LogP contribution < -0.4 is 15.4 Å². The number of amides is 2. The van der Waals surface area contributed by atoms with Crippen molar-refractivity contribution in [1.29, 1.82) is 0 Å². The van der Waals surface area contributed by atoms with Crippen molar-refractivity contribution in [2.45, 2.75) is 44.2 Å². The van der Waals surface area contributed by atoms with Gasteiger partial charge in [-0.15, -0.1) is 0 Å². The zero-order chi connectivity index (χ0) is 15.1. The molecule has 1 aliphatic rings. The number of carbonyl (C=O) groups excluding carboxylic acids is 1. The summed E-state index contributed by atoms with van der Waals surface area (Å²) in [5, 5.41) is 15.3. The topological polar surface area (TPSA) is 70.6 Å². The predicted molar refractivity (Wildman–Crippen MR) is 81.5 cm³/mol. The molecule has 3 N–H and O–H groups in total. The molecule has 116 valence electrons. The summed E-state index contributed by atoms with van der Waals surface area (Å²) in [6, 6.07) is 7.90. The first-order chi connectivity index (χ1) is 10.2. The van der Waals surface area contributed by atoms with Crippen LogP contribution in [-0.2, 0) is 6.42 Å². The Labute approximate surface area is 125 Å². The number of hydrogen-bond acceptors (Lipinski definition) is 3. The Balaban J connectivity index is 1.67. The standard InChI is InChI=1S/C16H24N2O3/c1-21-15-4-2-3-12(11-15)9-10-17-16(20)18-13-5-7-14(19)8-6-13/h2-4,11,13-14,19H,5-10H2,1H3,(H2,17,18,20). The SMILES string of the molecule is COc1cccc(CCNC(=O)NC2CCC(O)CC2)c1. The first-order valence-electron chi connectivity index (χ1n) is 7.52. The van der Waals surface area contributed by atoms with E-state index < -0.39 is 0 Å². The van der Waals surface area contributed by atoms with E-state index in [1.54, 1.807) is 7.11 Å².